The minimum atomic E-state index is 0. The van der Waals surface area contributed by atoms with Crippen molar-refractivity contribution in [1.82, 2.24) is 19.9 Å². The van der Waals surface area contributed by atoms with Gasteiger partial charge in [0.25, 0.3) is 0 Å². The van der Waals surface area contributed by atoms with Crippen LogP contribution in [0.5, 0.6) is 0 Å². The minimum absolute atomic E-state index is 0. The van der Waals surface area contributed by atoms with Crippen LogP contribution >= 0.6 is 45.3 Å². The number of imidazole rings is 1. The Bertz CT molecular complexity index is 738. The highest BCUT2D eigenvalue weighted by atomic mass is 79.9. The molecule has 1 aliphatic rings. The summed E-state index contributed by atoms with van der Waals surface area (Å²) in [6.07, 6.45) is 1.14. The van der Waals surface area contributed by atoms with E-state index in [1.165, 1.54) is 0 Å². The third-order valence-electron chi connectivity index (χ3n) is 3.85. The number of thiazole rings is 1. The predicted octanol–water partition coefficient (Wildman–Crippen LogP) is 3.47. The van der Waals surface area contributed by atoms with Crippen LogP contribution in [-0.2, 0) is 6.54 Å². The molecule has 1 saturated heterocycles. The first-order chi connectivity index (χ1) is 10.4. The standard InChI is InChI=1S/C15H17N5S.2BrH/c1-2-4-14-13(3-1)19-15(18-11-5-6-16-7-11)20(14)8-12-9-21-10-17-12;;/h1-4,9-11,16H,5-8H2,(H,18,19);2*1H. The molecule has 3 heterocycles. The van der Waals surface area contributed by atoms with E-state index >= 15 is 0 Å². The first kappa shape index (κ1) is 18.4. The van der Waals surface area contributed by atoms with E-state index in [1.807, 2.05) is 11.6 Å². The van der Waals surface area contributed by atoms with Gasteiger partial charge in [0.1, 0.15) is 0 Å². The Morgan fingerprint density at radius 1 is 1.30 bits per heavy atom. The van der Waals surface area contributed by atoms with Crippen LogP contribution in [-0.4, -0.2) is 33.7 Å². The Kier molecular flexibility index (Phi) is 6.58. The molecule has 2 N–H and O–H groups in total. The molecule has 3 aromatic rings. The molecule has 0 amide bonds. The van der Waals surface area contributed by atoms with Crippen molar-refractivity contribution in [3.8, 4) is 0 Å². The fourth-order valence-corrected chi connectivity index (χ4v) is 3.33. The van der Waals surface area contributed by atoms with Crippen molar-refractivity contribution < 1.29 is 0 Å². The smallest absolute Gasteiger partial charge is 0.204 e. The molecule has 1 aromatic carbocycles. The lowest BCUT2D eigenvalue weighted by molar-refractivity contribution is 0.744. The normalized spacial score (nSPS) is 16.8. The summed E-state index contributed by atoms with van der Waals surface area (Å²) < 4.78 is 2.22. The summed E-state index contributed by atoms with van der Waals surface area (Å²) in [5.74, 6) is 0.943. The Hall–Kier alpha value is -0.960. The highest BCUT2D eigenvalue weighted by Gasteiger charge is 2.18. The average Bonchev–Trinajstić information content (AvgIpc) is 3.23. The molecule has 23 heavy (non-hydrogen) atoms. The molecular formula is C15H19Br2N5S. The maximum absolute atomic E-state index is 4.76. The quantitative estimate of drug-likeness (QED) is 0.625. The van der Waals surface area contributed by atoms with Crippen molar-refractivity contribution in [3.63, 3.8) is 0 Å². The molecule has 124 valence electrons. The predicted molar refractivity (Wildman–Crippen MR) is 106 cm³/mol. The molecule has 1 unspecified atom stereocenters. The van der Waals surface area contributed by atoms with E-state index in [9.17, 15) is 0 Å². The SMILES string of the molecule is Br.Br.c1ccc2c(c1)nc(NC1CCNC1)n2Cc1cscn1. The third kappa shape index (κ3) is 3.93. The Morgan fingerprint density at radius 3 is 2.91 bits per heavy atom. The summed E-state index contributed by atoms with van der Waals surface area (Å²) in [7, 11) is 0. The molecule has 1 fully saturated rings. The lowest BCUT2D eigenvalue weighted by Gasteiger charge is -2.14. The van der Waals surface area contributed by atoms with Crippen LogP contribution in [0.2, 0.25) is 0 Å². The number of aromatic nitrogens is 3. The summed E-state index contributed by atoms with van der Waals surface area (Å²) in [5, 5.41) is 9.05. The van der Waals surface area contributed by atoms with Gasteiger partial charge in [-0.15, -0.1) is 45.3 Å². The van der Waals surface area contributed by atoms with Crippen LogP contribution in [0.15, 0.2) is 35.2 Å². The zero-order valence-electron chi connectivity index (χ0n) is 12.4. The van der Waals surface area contributed by atoms with Gasteiger partial charge in [0.05, 0.1) is 28.8 Å². The topological polar surface area (TPSA) is 54.8 Å². The molecule has 2 aromatic heterocycles. The summed E-state index contributed by atoms with van der Waals surface area (Å²) in [4.78, 5) is 9.16. The van der Waals surface area contributed by atoms with E-state index in [0.717, 1.165) is 48.7 Å². The number of nitrogens with one attached hydrogen (secondary N) is 2. The van der Waals surface area contributed by atoms with Crippen LogP contribution in [0.1, 0.15) is 12.1 Å². The zero-order chi connectivity index (χ0) is 14.1. The van der Waals surface area contributed by atoms with Gasteiger partial charge in [-0.25, -0.2) is 9.97 Å². The summed E-state index contributed by atoms with van der Waals surface area (Å²) in [6, 6.07) is 8.72. The monoisotopic (exact) mass is 459 g/mol. The van der Waals surface area contributed by atoms with Crippen LogP contribution in [0.3, 0.4) is 0 Å². The highest BCUT2D eigenvalue weighted by molar-refractivity contribution is 8.93. The van der Waals surface area contributed by atoms with Gasteiger partial charge in [-0.05, 0) is 25.1 Å². The second-order valence-corrected chi connectivity index (χ2v) is 6.04. The van der Waals surface area contributed by atoms with E-state index in [0.29, 0.717) is 6.04 Å². The van der Waals surface area contributed by atoms with Crippen LogP contribution in [0, 0.1) is 0 Å². The third-order valence-corrected chi connectivity index (χ3v) is 4.49. The van der Waals surface area contributed by atoms with Gasteiger partial charge in [-0.3, -0.25) is 0 Å². The summed E-state index contributed by atoms with van der Waals surface area (Å²) in [6.45, 7) is 2.83. The van der Waals surface area contributed by atoms with Crippen molar-refractivity contribution >= 4 is 62.3 Å². The van der Waals surface area contributed by atoms with Crippen molar-refractivity contribution in [1.29, 1.82) is 0 Å². The maximum atomic E-state index is 4.76. The second kappa shape index (κ2) is 8.23. The van der Waals surface area contributed by atoms with Crippen molar-refractivity contribution in [2.75, 3.05) is 18.4 Å². The lowest BCUT2D eigenvalue weighted by Crippen LogP contribution is -2.24. The van der Waals surface area contributed by atoms with Crippen molar-refractivity contribution in [2.45, 2.75) is 19.0 Å². The summed E-state index contributed by atoms with van der Waals surface area (Å²) >= 11 is 1.63. The molecule has 1 aliphatic heterocycles. The summed E-state index contributed by atoms with van der Waals surface area (Å²) in [5.41, 5.74) is 5.14. The van der Waals surface area contributed by atoms with Gasteiger partial charge in [0, 0.05) is 18.0 Å². The largest absolute Gasteiger partial charge is 0.352 e. The van der Waals surface area contributed by atoms with E-state index in [-0.39, 0.29) is 34.0 Å². The average molecular weight is 461 g/mol. The number of anilines is 1. The van der Waals surface area contributed by atoms with Crippen molar-refractivity contribution in [3.05, 3.63) is 40.8 Å². The van der Waals surface area contributed by atoms with Crippen LogP contribution in [0.25, 0.3) is 11.0 Å². The first-order valence-electron chi connectivity index (χ1n) is 7.20. The van der Waals surface area contributed by atoms with Gasteiger partial charge in [0.15, 0.2) is 0 Å². The molecule has 0 spiro atoms. The number of fused-ring (bicyclic) bond motifs is 1. The molecule has 8 heteroatoms. The highest BCUT2D eigenvalue weighted by Crippen LogP contribution is 2.22. The van der Waals surface area contributed by atoms with E-state index in [2.05, 4.69) is 43.8 Å². The lowest BCUT2D eigenvalue weighted by atomic mass is 10.3. The van der Waals surface area contributed by atoms with Gasteiger partial charge >= 0.3 is 0 Å². The molecule has 0 aliphatic carbocycles. The molecule has 0 bridgehead atoms. The number of rotatable bonds is 4. The Balaban J connectivity index is 0.000000960. The number of hydrogen-bond acceptors (Lipinski definition) is 5. The molecule has 4 rings (SSSR count). The van der Waals surface area contributed by atoms with Crippen LogP contribution < -0.4 is 10.6 Å². The zero-order valence-corrected chi connectivity index (χ0v) is 16.7. The Morgan fingerprint density at radius 2 is 2.17 bits per heavy atom. The fourth-order valence-electron chi connectivity index (χ4n) is 2.78. The number of halogens is 2. The van der Waals surface area contributed by atoms with E-state index in [1.54, 1.807) is 11.3 Å². The van der Waals surface area contributed by atoms with Crippen molar-refractivity contribution in [2.24, 2.45) is 0 Å². The van der Waals surface area contributed by atoms with Gasteiger partial charge < -0.3 is 15.2 Å². The minimum Gasteiger partial charge on any atom is -0.352 e. The maximum Gasteiger partial charge on any atom is 0.204 e. The van der Waals surface area contributed by atoms with Gasteiger partial charge in [-0.2, -0.15) is 0 Å². The van der Waals surface area contributed by atoms with Crippen LogP contribution in [0.4, 0.5) is 5.95 Å². The molecule has 0 radical (unpaired) electrons. The molecule has 1 atom stereocenters. The molecular weight excluding hydrogens is 442 g/mol. The first-order valence-corrected chi connectivity index (χ1v) is 8.14. The fraction of sp³-hybridized carbons (Fsp3) is 0.333. The van der Waals surface area contributed by atoms with Gasteiger partial charge in [0.2, 0.25) is 5.95 Å². The number of nitrogens with zero attached hydrogens (tertiary/aromatic N) is 3. The number of para-hydroxylation sites is 2. The molecule has 5 nitrogen and oxygen atoms in total. The number of benzene rings is 1. The molecule has 0 saturated carbocycles. The number of hydrogen-bond donors (Lipinski definition) is 2. The second-order valence-electron chi connectivity index (χ2n) is 5.32. The van der Waals surface area contributed by atoms with E-state index < -0.39 is 0 Å². The Labute approximate surface area is 160 Å². The van der Waals surface area contributed by atoms with Gasteiger partial charge in [-0.1, -0.05) is 12.1 Å². The van der Waals surface area contributed by atoms with E-state index in [4.69, 9.17) is 4.98 Å².